The van der Waals surface area contributed by atoms with Crippen LogP contribution in [0, 0.1) is 10.1 Å². The van der Waals surface area contributed by atoms with Gasteiger partial charge in [0.05, 0.1) is 12.0 Å². The Bertz CT molecular complexity index is 688. The molecule has 0 atom stereocenters. The number of rotatable bonds is 4. The summed E-state index contributed by atoms with van der Waals surface area (Å²) in [5, 5.41) is 11.7. The van der Waals surface area contributed by atoms with E-state index in [2.05, 4.69) is 4.74 Å². The first-order chi connectivity index (χ1) is 10.0. The Labute approximate surface area is 130 Å². The number of esters is 1. The van der Waals surface area contributed by atoms with Crippen LogP contribution in [0.15, 0.2) is 52.3 Å². The monoisotopic (exact) mass is 323 g/mol. The summed E-state index contributed by atoms with van der Waals surface area (Å²) in [5.41, 5.74) is -0.344. The van der Waals surface area contributed by atoms with E-state index in [1.807, 2.05) is 12.1 Å². The van der Waals surface area contributed by atoms with Crippen LogP contribution in [-0.2, 0) is 4.74 Å². The smallest absolute Gasteiger partial charge is 0.344 e. The van der Waals surface area contributed by atoms with E-state index >= 15 is 0 Å². The van der Waals surface area contributed by atoms with Crippen molar-refractivity contribution in [2.75, 3.05) is 7.11 Å². The van der Waals surface area contributed by atoms with E-state index in [9.17, 15) is 14.9 Å². The second-order valence-electron chi connectivity index (χ2n) is 3.98. The van der Waals surface area contributed by atoms with Crippen LogP contribution in [0.25, 0.3) is 0 Å². The minimum atomic E-state index is -0.732. The van der Waals surface area contributed by atoms with Gasteiger partial charge in [-0.15, -0.1) is 0 Å². The fourth-order valence-corrected chi connectivity index (χ4v) is 2.62. The molecule has 7 heteroatoms. The Hall–Kier alpha value is -2.05. The van der Waals surface area contributed by atoms with E-state index < -0.39 is 10.9 Å². The second kappa shape index (κ2) is 6.60. The van der Waals surface area contributed by atoms with Gasteiger partial charge in [0, 0.05) is 20.9 Å². The molecule has 0 spiro atoms. The molecular formula is C14H10ClNO4S. The van der Waals surface area contributed by atoms with Crippen molar-refractivity contribution in [3.8, 4) is 0 Å². The van der Waals surface area contributed by atoms with Gasteiger partial charge in [0.1, 0.15) is 5.56 Å². The third-order valence-electron chi connectivity index (χ3n) is 2.62. The van der Waals surface area contributed by atoms with Gasteiger partial charge in [-0.05, 0) is 36.4 Å². The number of nitro groups is 1. The van der Waals surface area contributed by atoms with Gasteiger partial charge in [0.2, 0.25) is 0 Å². The van der Waals surface area contributed by atoms with Gasteiger partial charge in [-0.2, -0.15) is 0 Å². The van der Waals surface area contributed by atoms with Crippen LogP contribution in [0.1, 0.15) is 10.4 Å². The highest BCUT2D eigenvalue weighted by atomic mass is 35.5. The highest BCUT2D eigenvalue weighted by Crippen LogP contribution is 2.32. The molecule has 21 heavy (non-hydrogen) atoms. The zero-order chi connectivity index (χ0) is 15.4. The number of carbonyl (C=O) groups excluding carboxylic acids is 1. The number of benzene rings is 2. The number of hydrogen-bond acceptors (Lipinski definition) is 5. The molecular weight excluding hydrogens is 314 g/mol. The van der Waals surface area contributed by atoms with Crippen molar-refractivity contribution in [3.63, 3.8) is 0 Å². The summed E-state index contributed by atoms with van der Waals surface area (Å²) in [6.07, 6.45) is 0. The molecule has 5 nitrogen and oxygen atoms in total. The maximum atomic E-state index is 11.5. The van der Waals surface area contributed by atoms with E-state index in [0.717, 1.165) is 4.90 Å². The number of nitro benzene ring substituents is 1. The first kappa shape index (κ1) is 15.3. The molecule has 0 saturated heterocycles. The van der Waals surface area contributed by atoms with Crippen LogP contribution in [0.2, 0.25) is 5.02 Å². The molecule has 0 amide bonds. The predicted octanol–water partition coefficient (Wildman–Crippen LogP) is 4.19. The van der Waals surface area contributed by atoms with E-state index in [1.54, 1.807) is 18.2 Å². The van der Waals surface area contributed by atoms with Gasteiger partial charge in [-0.25, -0.2) is 4.79 Å². The number of methoxy groups -OCH3 is 1. The van der Waals surface area contributed by atoms with Crippen LogP contribution < -0.4 is 0 Å². The summed E-state index contributed by atoms with van der Waals surface area (Å²) in [4.78, 5) is 23.5. The second-order valence-corrected chi connectivity index (χ2v) is 5.57. The Morgan fingerprint density at radius 3 is 2.38 bits per heavy atom. The normalized spacial score (nSPS) is 10.2. The van der Waals surface area contributed by atoms with E-state index in [1.165, 1.54) is 31.0 Å². The van der Waals surface area contributed by atoms with Gasteiger partial charge in [0.25, 0.3) is 5.69 Å². The summed E-state index contributed by atoms with van der Waals surface area (Å²) in [6, 6.07) is 11.5. The van der Waals surface area contributed by atoms with Crippen molar-refractivity contribution >= 4 is 35.0 Å². The van der Waals surface area contributed by atoms with Crippen molar-refractivity contribution in [3.05, 3.63) is 63.2 Å². The third kappa shape index (κ3) is 3.74. The lowest BCUT2D eigenvalue weighted by molar-refractivity contribution is -0.385. The molecule has 2 aromatic carbocycles. The van der Waals surface area contributed by atoms with Crippen LogP contribution in [-0.4, -0.2) is 18.0 Å². The van der Waals surface area contributed by atoms with Crippen molar-refractivity contribution in [1.82, 2.24) is 0 Å². The van der Waals surface area contributed by atoms with Gasteiger partial charge >= 0.3 is 5.97 Å². The molecule has 0 aliphatic heterocycles. The maximum Gasteiger partial charge on any atom is 0.344 e. The minimum absolute atomic E-state index is 0.0667. The van der Waals surface area contributed by atoms with E-state index in [0.29, 0.717) is 9.92 Å². The van der Waals surface area contributed by atoms with Gasteiger partial charge in [0.15, 0.2) is 0 Å². The zero-order valence-corrected chi connectivity index (χ0v) is 12.5. The summed E-state index contributed by atoms with van der Waals surface area (Å²) in [6.45, 7) is 0. The standard InChI is InChI=1S/C14H10ClNO4S/c1-20-14(17)12-7-6-11(8-13(12)16(18)19)21-10-4-2-9(15)3-5-10/h2-8H,1H3. The number of ether oxygens (including phenoxy) is 1. The molecule has 0 fully saturated rings. The fraction of sp³-hybridized carbons (Fsp3) is 0.0714. The number of carbonyl (C=O) groups is 1. The Morgan fingerprint density at radius 1 is 1.19 bits per heavy atom. The van der Waals surface area contributed by atoms with Gasteiger partial charge in [-0.1, -0.05) is 23.4 Å². The van der Waals surface area contributed by atoms with Crippen molar-refractivity contribution in [2.24, 2.45) is 0 Å². The molecule has 2 aromatic rings. The predicted molar refractivity (Wildman–Crippen MR) is 80.0 cm³/mol. The van der Waals surface area contributed by atoms with E-state index in [4.69, 9.17) is 11.6 Å². The first-order valence-electron chi connectivity index (χ1n) is 5.81. The third-order valence-corrected chi connectivity index (χ3v) is 3.87. The first-order valence-corrected chi connectivity index (χ1v) is 7.01. The molecule has 0 saturated carbocycles. The molecule has 0 aliphatic rings. The summed E-state index contributed by atoms with van der Waals surface area (Å²) in [7, 11) is 1.18. The zero-order valence-electron chi connectivity index (χ0n) is 10.9. The summed E-state index contributed by atoms with van der Waals surface area (Å²) < 4.78 is 4.53. The molecule has 108 valence electrons. The highest BCUT2D eigenvalue weighted by Gasteiger charge is 2.21. The molecule has 0 radical (unpaired) electrons. The minimum Gasteiger partial charge on any atom is -0.465 e. The Kier molecular flexibility index (Phi) is 4.82. The number of hydrogen-bond donors (Lipinski definition) is 0. The average molecular weight is 324 g/mol. The largest absolute Gasteiger partial charge is 0.465 e. The molecule has 0 aromatic heterocycles. The molecule has 2 rings (SSSR count). The van der Waals surface area contributed by atoms with Crippen molar-refractivity contribution in [1.29, 1.82) is 0 Å². The van der Waals surface area contributed by atoms with Crippen molar-refractivity contribution in [2.45, 2.75) is 9.79 Å². The number of nitrogens with zero attached hydrogens (tertiary/aromatic N) is 1. The Morgan fingerprint density at radius 2 is 1.81 bits per heavy atom. The Balaban J connectivity index is 2.33. The lowest BCUT2D eigenvalue weighted by Crippen LogP contribution is -2.05. The molecule has 0 unspecified atom stereocenters. The quantitative estimate of drug-likeness (QED) is 0.479. The lowest BCUT2D eigenvalue weighted by atomic mass is 10.2. The summed E-state index contributed by atoms with van der Waals surface area (Å²) >= 11 is 7.14. The lowest BCUT2D eigenvalue weighted by Gasteiger charge is -2.05. The molecule has 0 heterocycles. The average Bonchev–Trinajstić information content (AvgIpc) is 2.48. The van der Waals surface area contributed by atoms with E-state index in [-0.39, 0.29) is 11.3 Å². The number of halogens is 1. The maximum absolute atomic E-state index is 11.5. The van der Waals surface area contributed by atoms with Gasteiger partial charge in [-0.3, -0.25) is 10.1 Å². The SMILES string of the molecule is COC(=O)c1ccc(Sc2ccc(Cl)cc2)cc1[N+](=O)[O-]. The van der Waals surface area contributed by atoms with Crippen LogP contribution in [0.5, 0.6) is 0 Å². The van der Waals surface area contributed by atoms with Gasteiger partial charge < -0.3 is 4.74 Å². The van der Waals surface area contributed by atoms with Crippen molar-refractivity contribution < 1.29 is 14.5 Å². The van der Waals surface area contributed by atoms with Crippen LogP contribution in [0.3, 0.4) is 0 Å². The fourth-order valence-electron chi connectivity index (χ4n) is 1.65. The van der Waals surface area contributed by atoms with Crippen LogP contribution >= 0.6 is 23.4 Å². The molecule has 0 aliphatic carbocycles. The van der Waals surface area contributed by atoms with Crippen LogP contribution in [0.4, 0.5) is 5.69 Å². The topological polar surface area (TPSA) is 69.4 Å². The molecule has 0 N–H and O–H groups in total. The molecule has 0 bridgehead atoms. The highest BCUT2D eigenvalue weighted by molar-refractivity contribution is 7.99. The summed E-state index contributed by atoms with van der Waals surface area (Å²) in [5.74, 6) is -0.732.